The first-order valence-corrected chi connectivity index (χ1v) is 15.1. The third-order valence-corrected chi connectivity index (χ3v) is 9.46. The number of nitrogens with two attached hydrogens (primary N) is 1. The summed E-state index contributed by atoms with van der Waals surface area (Å²) in [6, 6.07) is 15.1. The van der Waals surface area contributed by atoms with E-state index in [4.69, 9.17) is 10.7 Å². The van der Waals surface area contributed by atoms with Crippen LogP contribution in [0, 0.1) is 5.82 Å². The van der Waals surface area contributed by atoms with Gasteiger partial charge in [-0.1, -0.05) is 42.4 Å². The van der Waals surface area contributed by atoms with Crippen molar-refractivity contribution in [2.24, 2.45) is 12.0 Å². The maximum atomic E-state index is 13.7. The number of benzene rings is 2. The van der Waals surface area contributed by atoms with Crippen molar-refractivity contribution >= 4 is 22.6 Å². The molecule has 41 heavy (non-hydrogen) atoms. The molecule has 3 heterocycles. The van der Waals surface area contributed by atoms with Crippen LogP contribution in [-0.2, 0) is 20.1 Å². The van der Waals surface area contributed by atoms with Gasteiger partial charge in [-0.2, -0.15) is 0 Å². The number of rotatable bonds is 7. The fourth-order valence-electron chi connectivity index (χ4n) is 5.86. The summed E-state index contributed by atoms with van der Waals surface area (Å²) in [4.78, 5) is 36.9. The van der Waals surface area contributed by atoms with E-state index in [0.29, 0.717) is 24.2 Å². The molecule has 2 aliphatic rings. The molecule has 2 unspecified atom stereocenters. The lowest BCUT2D eigenvalue weighted by molar-refractivity contribution is 0.187. The number of thioether (sulfide) groups is 1. The van der Waals surface area contributed by atoms with Gasteiger partial charge in [-0.25, -0.2) is 9.18 Å². The van der Waals surface area contributed by atoms with Crippen LogP contribution in [0.2, 0.25) is 0 Å². The van der Waals surface area contributed by atoms with Crippen LogP contribution >= 0.6 is 11.8 Å². The van der Waals surface area contributed by atoms with Gasteiger partial charge in [-0.3, -0.25) is 23.8 Å². The first kappa shape index (κ1) is 29.3. The molecule has 0 aliphatic carbocycles. The molecule has 0 saturated carbocycles. The van der Waals surface area contributed by atoms with Crippen molar-refractivity contribution < 1.29 is 4.39 Å². The van der Waals surface area contributed by atoms with Crippen LogP contribution in [0.15, 0.2) is 68.0 Å². The van der Waals surface area contributed by atoms with Gasteiger partial charge in [0.05, 0.1) is 6.54 Å². The van der Waals surface area contributed by atoms with Crippen molar-refractivity contribution in [3.8, 4) is 0 Å². The highest BCUT2D eigenvalue weighted by Crippen LogP contribution is 2.30. The predicted octanol–water partition coefficient (Wildman–Crippen LogP) is 4.26. The highest BCUT2D eigenvalue weighted by molar-refractivity contribution is 8.14. The van der Waals surface area contributed by atoms with Gasteiger partial charge < -0.3 is 10.6 Å². The van der Waals surface area contributed by atoms with Gasteiger partial charge in [0.1, 0.15) is 22.2 Å². The van der Waals surface area contributed by atoms with Gasteiger partial charge in [0.25, 0.3) is 5.56 Å². The van der Waals surface area contributed by atoms with E-state index in [0.717, 1.165) is 47.4 Å². The number of nitrogen functional groups attached to an aromatic ring is 1. The number of likely N-dealkylation sites (N-methyl/N-ethyl adjacent to an activating group) is 1. The maximum absolute atomic E-state index is 13.7. The normalized spacial score (nSPS) is 20.5. The molecule has 1 aromatic heterocycles. The minimum absolute atomic E-state index is 0.113. The van der Waals surface area contributed by atoms with E-state index < -0.39 is 11.2 Å². The van der Waals surface area contributed by atoms with Gasteiger partial charge in [-0.05, 0) is 88.3 Å². The van der Waals surface area contributed by atoms with Crippen molar-refractivity contribution in [1.29, 1.82) is 0 Å². The number of likely N-dealkylation sites (tertiary alicyclic amines) is 2. The molecule has 2 aliphatic heterocycles. The Bertz CT molecular complexity index is 1520. The molecule has 0 amide bonds. The summed E-state index contributed by atoms with van der Waals surface area (Å²) in [5.74, 6) is -0.233. The number of anilines is 1. The summed E-state index contributed by atoms with van der Waals surface area (Å²) in [6.45, 7) is 2.79. The van der Waals surface area contributed by atoms with Gasteiger partial charge in [0.2, 0.25) is 0 Å². The van der Waals surface area contributed by atoms with E-state index in [1.54, 1.807) is 12.1 Å². The number of aromatic nitrogens is 2. The largest absolute Gasteiger partial charge is 0.384 e. The lowest BCUT2D eigenvalue weighted by Crippen LogP contribution is -2.45. The Balaban J connectivity index is 1.51. The fraction of sp³-hybridized carbons (Fsp3) is 0.452. The minimum atomic E-state index is -0.493. The summed E-state index contributed by atoms with van der Waals surface area (Å²) < 4.78 is 16.3. The average Bonchev–Trinajstić information content (AvgIpc) is 3.38. The van der Waals surface area contributed by atoms with E-state index in [2.05, 4.69) is 41.1 Å². The zero-order valence-corrected chi connectivity index (χ0v) is 24.9. The van der Waals surface area contributed by atoms with E-state index in [1.807, 2.05) is 7.05 Å². The van der Waals surface area contributed by atoms with Crippen LogP contribution in [0.1, 0.15) is 54.8 Å². The Labute approximate surface area is 244 Å². The topological polar surface area (TPSA) is 88.9 Å². The summed E-state index contributed by atoms with van der Waals surface area (Å²) in [5, 5.41) is 0.402. The standard InChI is InChI=1S/C31H39FN6O2S/c1-35-18-6-7-24(35)20-38-28(33)27(30(39)37(3)31(38)40)29(41-25-15-13-23(32)14-16-25)34-19-21-9-11-22(12-10-21)26-8-4-5-17-36(26)2/h9-16,24,26H,4-8,17-20,33H2,1-3H3. The number of halogens is 1. The van der Waals surface area contributed by atoms with E-state index >= 15 is 0 Å². The third kappa shape index (κ3) is 6.50. The second kappa shape index (κ2) is 12.8. The number of hydrogen-bond donors (Lipinski definition) is 1. The van der Waals surface area contributed by atoms with Gasteiger partial charge in [0.15, 0.2) is 0 Å². The molecular formula is C31H39FN6O2S. The van der Waals surface area contributed by atoms with Crippen molar-refractivity contribution in [1.82, 2.24) is 18.9 Å². The predicted molar refractivity (Wildman–Crippen MR) is 164 cm³/mol. The average molecular weight is 579 g/mol. The zero-order valence-electron chi connectivity index (χ0n) is 24.1. The highest BCUT2D eigenvalue weighted by atomic mass is 32.2. The summed E-state index contributed by atoms with van der Waals surface area (Å²) in [7, 11) is 5.69. The molecule has 2 fully saturated rings. The molecule has 3 aromatic rings. The molecule has 5 rings (SSSR count). The molecule has 2 saturated heterocycles. The summed E-state index contributed by atoms with van der Waals surface area (Å²) in [5.41, 5.74) is 8.17. The molecule has 218 valence electrons. The third-order valence-electron chi connectivity index (χ3n) is 8.43. The Morgan fingerprint density at radius 1 is 0.951 bits per heavy atom. The van der Waals surface area contributed by atoms with Crippen molar-refractivity contribution in [2.75, 3.05) is 32.9 Å². The van der Waals surface area contributed by atoms with Gasteiger partial charge in [-0.15, -0.1) is 0 Å². The van der Waals surface area contributed by atoms with E-state index in [9.17, 15) is 14.0 Å². The molecule has 0 spiro atoms. The van der Waals surface area contributed by atoms with Crippen LogP contribution < -0.4 is 17.0 Å². The molecule has 2 aromatic carbocycles. The smallest absolute Gasteiger partial charge is 0.332 e. The summed E-state index contributed by atoms with van der Waals surface area (Å²) >= 11 is 1.25. The zero-order chi connectivity index (χ0) is 29.1. The molecule has 0 bridgehead atoms. The van der Waals surface area contributed by atoms with Crippen molar-refractivity contribution in [3.63, 3.8) is 0 Å². The first-order chi connectivity index (χ1) is 19.7. The van der Waals surface area contributed by atoms with Crippen molar-refractivity contribution in [2.45, 2.75) is 62.2 Å². The van der Waals surface area contributed by atoms with Gasteiger partial charge in [0, 0.05) is 30.6 Å². The quantitative estimate of drug-likeness (QED) is 0.256. The SMILES string of the molecule is CN1CCCC1Cn1c(N)c(C(=NCc2ccc(C3CCCCN3C)cc2)Sc2ccc(F)cc2)c(=O)n(C)c1=O. The number of nitrogens with zero attached hydrogens (tertiary/aromatic N) is 5. The Hall–Kier alpha value is -3.21. The second-order valence-corrected chi connectivity index (χ2v) is 12.3. The van der Waals surface area contributed by atoms with Crippen LogP contribution in [0.5, 0.6) is 0 Å². The molecular weight excluding hydrogens is 539 g/mol. The monoisotopic (exact) mass is 578 g/mol. The Morgan fingerprint density at radius 2 is 1.66 bits per heavy atom. The fourth-order valence-corrected chi connectivity index (χ4v) is 6.78. The maximum Gasteiger partial charge on any atom is 0.332 e. The van der Waals surface area contributed by atoms with Crippen LogP contribution in [0.25, 0.3) is 0 Å². The molecule has 2 atom stereocenters. The molecule has 0 radical (unpaired) electrons. The number of piperidine rings is 1. The highest BCUT2D eigenvalue weighted by Gasteiger charge is 2.26. The van der Waals surface area contributed by atoms with Crippen LogP contribution in [0.3, 0.4) is 0 Å². The second-order valence-electron chi connectivity index (χ2n) is 11.2. The number of aliphatic imine (C=N–C) groups is 1. The molecule has 10 heteroatoms. The molecule has 2 N–H and O–H groups in total. The number of hydrogen-bond acceptors (Lipinski definition) is 7. The lowest BCUT2D eigenvalue weighted by Gasteiger charge is -2.32. The Kier molecular flexibility index (Phi) is 9.11. The van der Waals surface area contributed by atoms with E-state index in [1.165, 1.54) is 53.9 Å². The Morgan fingerprint density at radius 3 is 2.32 bits per heavy atom. The van der Waals surface area contributed by atoms with Crippen LogP contribution in [0.4, 0.5) is 10.2 Å². The van der Waals surface area contributed by atoms with E-state index in [-0.39, 0.29) is 23.2 Å². The van der Waals surface area contributed by atoms with Gasteiger partial charge >= 0.3 is 5.69 Å². The first-order valence-electron chi connectivity index (χ1n) is 14.3. The molecule has 8 nitrogen and oxygen atoms in total. The summed E-state index contributed by atoms with van der Waals surface area (Å²) in [6.07, 6.45) is 5.64. The van der Waals surface area contributed by atoms with Crippen molar-refractivity contribution in [3.05, 3.63) is 91.9 Å². The van der Waals surface area contributed by atoms with Crippen LogP contribution in [-0.4, -0.2) is 57.2 Å². The lowest BCUT2D eigenvalue weighted by atomic mass is 9.95. The minimum Gasteiger partial charge on any atom is -0.384 e.